The zero-order valence-electron chi connectivity index (χ0n) is 9.73. The number of aliphatic carboxylic acids is 1. The minimum absolute atomic E-state index is 0.184. The summed E-state index contributed by atoms with van der Waals surface area (Å²) in [5, 5.41) is 8.79. The Morgan fingerprint density at radius 1 is 1.44 bits per heavy atom. The van der Waals surface area contributed by atoms with Crippen LogP contribution in [0.2, 0.25) is 0 Å². The molecule has 0 amide bonds. The number of hydrogen-bond donors (Lipinski definition) is 2. The van der Waals surface area contributed by atoms with Crippen molar-refractivity contribution < 1.29 is 14.6 Å². The summed E-state index contributed by atoms with van der Waals surface area (Å²) in [6.45, 7) is 5.25. The van der Waals surface area contributed by atoms with Gasteiger partial charge in [-0.2, -0.15) is 0 Å². The van der Waals surface area contributed by atoms with Crippen molar-refractivity contribution in [2.24, 2.45) is 5.73 Å². The number of hydrogen-bond acceptors (Lipinski definition) is 3. The molecule has 1 aromatic rings. The second kappa shape index (κ2) is 4.99. The van der Waals surface area contributed by atoms with Crippen molar-refractivity contribution in [3.8, 4) is 5.75 Å². The molecule has 1 rings (SSSR count). The summed E-state index contributed by atoms with van der Waals surface area (Å²) in [4.78, 5) is 10.7. The molecule has 0 aliphatic rings. The molecule has 3 N–H and O–H groups in total. The number of carbonyl (C=O) groups is 1. The Morgan fingerprint density at radius 2 is 2.06 bits per heavy atom. The van der Waals surface area contributed by atoms with Crippen molar-refractivity contribution in [3.63, 3.8) is 0 Å². The van der Waals surface area contributed by atoms with Gasteiger partial charge in [-0.25, -0.2) is 4.79 Å². The van der Waals surface area contributed by atoms with E-state index in [4.69, 9.17) is 15.6 Å². The van der Waals surface area contributed by atoms with Gasteiger partial charge in [-0.05, 0) is 32.4 Å². The summed E-state index contributed by atoms with van der Waals surface area (Å²) < 4.78 is 5.37. The first-order valence-corrected chi connectivity index (χ1v) is 5.17. The van der Waals surface area contributed by atoms with E-state index in [-0.39, 0.29) is 6.04 Å². The Labute approximate surface area is 95.0 Å². The number of carboxylic acid groups (broad SMARTS) is 1. The lowest BCUT2D eigenvalue weighted by Crippen LogP contribution is -2.24. The fraction of sp³-hybridized carbons (Fsp3) is 0.417. The van der Waals surface area contributed by atoms with E-state index in [1.165, 1.54) is 6.92 Å². The maximum absolute atomic E-state index is 10.7. The number of carboxylic acids is 1. The van der Waals surface area contributed by atoms with Gasteiger partial charge in [0.05, 0.1) is 0 Å². The van der Waals surface area contributed by atoms with E-state index in [9.17, 15) is 4.79 Å². The fourth-order valence-electron chi connectivity index (χ4n) is 1.36. The Balaban J connectivity index is 3.01. The van der Waals surface area contributed by atoms with Gasteiger partial charge in [0.1, 0.15) is 5.75 Å². The van der Waals surface area contributed by atoms with Crippen LogP contribution in [0.1, 0.15) is 31.0 Å². The first-order valence-electron chi connectivity index (χ1n) is 5.17. The molecule has 4 heteroatoms. The first-order chi connectivity index (χ1) is 7.41. The molecule has 0 saturated heterocycles. The number of nitrogens with two attached hydrogens (primary N) is 1. The van der Waals surface area contributed by atoms with E-state index in [2.05, 4.69) is 0 Å². The number of benzene rings is 1. The van der Waals surface area contributed by atoms with Crippen LogP contribution < -0.4 is 10.5 Å². The second-order valence-corrected chi connectivity index (χ2v) is 3.93. The zero-order chi connectivity index (χ0) is 12.3. The van der Waals surface area contributed by atoms with Crippen LogP contribution in [-0.2, 0) is 4.79 Å². The normalized spacial score (nSPS) is 14.2. The van der Waals surface area contributed by atoms with Gasteiger partial charge in [-0.1, -0.05) is 12.1 Å². The Bertz CT molecular complexity index is 388. The maximum atomic E-state index is 10.7. The third-order valence-electron chi connectivity index (χ3n) is 2.31. The summed E-state index contributed by atoms with van der Waals surface area (Å²) in [5.41, 5.74) is 7.62. The number of ether oxygens (including phenoxy) is 1. The minimum atomic E-state index is -0.989. The largest absolute Gasteiger partial charge is 0.479 e. The van der Waals surface area contributed by atoms with Gasteiger partial charge in [0, 0.05) is 11.6 Å². The predicted molar refractivity (Wildman–Crippen MR) is 61.5 cm³/mol. The van der Waals surface area contributed by atoms with Crippen LogP contribution in [0, 0.1) is 6.92 Å². The first kappa shape index (κ1) is 12.5. The van der Waals surface area contributed by atoms with Gasteiger partial charge in [0.15, 0.2) is 6.10 Å². The van der Waals surface area contributed by atoms with Crippen LogP contribution in [0.15, 0.2) is 18.2 Å². The molecule has 88 valence electrons. The van der Waals surface area contributed by atoms with Gasteiger partial charge >= 0.3 is 5.97 Å². The summed E-state index contributed by atoms with van der Waals surface area (Å²) in [5.74, 6) is -0.443. The standard InChI is InChI=1S/C12H17NO3/c1-7-4-5-10(8(2)13)11(6-7)16-9(3)12(14)15/h4-6,8-9H,13H2,1-3H3,(H,14,15)/t8-,9?/m0/s1. The van der Waals surface area contributed by atoms with Crippen molar-refractivity contribution in [3.05, 3.63) is 29.3 Å². The summed E-state index contributed by atoms with van der Waals surface area (Å²) in [7, 11) is 0. The lowest BCUT2D eigenvalue weighted by molar-refractivity contribution is -0.144. The number of aryl methyl sites for hydroxylation is 1. The van der Waals surface area contributed by atoms with Crippen LogP contribution in [0.3, 0.4) is 0 Å². The molecule has 0 aromatic heterocycles. The monoisotopic (exact) mass is 223 g/mol. The summed E-state index contributed by atoms with van der Waals surface area (Å²) in [6, 6.07) is 5.41. The molecule has 1 unspecified atom stereocenters. The molecule has 0 spiro atoms. The van der Waals surface area contributed by atoms with Crippen LogP contribution in [0.25, 0.3) is 0 Å². The van der Waals surface area contributed by atoms with Crippen molar-refractivity contribution >= 4 is 5.97 Å². The Hall–Kier alpha value is -1.55. The molecule has 1 aromatic carbocycles. The Morgan fingerprint density at radius 3 is 2.56 bits per heavy atom. The van der Waals surface area contributed by atoms with Crippen molar-refractivity contribution in [2.45, 2.75) is 32.9 Å². The van der Waals surface area contributed by atoms with Gasteiger partial charge in [-0.3, -0.25) is 0 Å². The second-order valence-electron chi connectivity index (χ2n) is 3.93. The molecule has 4 nitrogen and oxygen atoms in total. The lowest BCUT2D eigenvalue weighted by Gasteiger charge is -2.17. The number of rotatable bonds is 4. The minimum Gasteiger partial charge on any atom is -0.479 e. The molecule has 0 radical (unpaired) electrons. The zero-order valence-corrected chi connectivity index (χ0v) is 9.73. The average molecular weight is 223 g/mol. The molecule has 0 aliphatic carbocycles. The van der Waals surface area contributed by atoms with Crippen molar-refractivity contribution in [1.29, 1.82) is 0 Å². The molecule has 0 bridgehead atoms. The van der Waals surface area contributed by atoms with Crippen molar-refractivity contribution in [2.75, 3.05) is 0 Å². The molecule has 0 fully saturated rings. The molecule has 2 atom stereocenters. The third-order valence-corrected chi connectivity index (χ3v) is 2.31. The van der Waals surface area contributed by atoms with E-state index in [1.54, 1.807) is 6.07 Å². The van der Waals surface area contributed by atoms with Crippen LogP contribution in [0.5, 0.6) is 5.75 Å². The smallest absolute Gasteiger partial charge is 0.344 e. The molecular weight excluding hydrogens is 206 g/mol. The predicted octanol–water partition coefficient (Wildman–Crippen LogP) is 1.87. The van der Waals surface area contributed by atoms with Gasteiger partial charge < -0.3 is 15.6 Å². The lowest BCUT2D eigenvalue weighted by atomic mass is 10.1. The fourth-order valence-corrected chi connectivity index (χ4v) is 1.36. The molecule has 0 aliphatic heterocycles. The summed E-state index contributed by atoms with van der Waals surface area (Å²) >= 11 is 0. The maximum Gasteiger partial charge on any atom is 0.344 e. The summed E-state index contributed by atoms with van der Waals surface area (Å²) in [6.07, 6.45) is -0.876. The van der Waals surface area contributed by atoms with E-state index in [0.29, 0.717) is 5.75 Å². The van der Waals surface area contributed by atoms with E-state index in [0.717, 1.165) is 11.1 Å². The molecular formula is C12H17NO3. The topological polar surface area (TPSA) is 72.5 Å². The van der Waals surface area contributed by atoms with Gasteiger partial charge in [0.25, 0.3) is 0 Å². The highest BCUT2D eigenvalue weighted by Crippen LogP contribution is 2.26. The van der Waals surface area contributed by atoms with Gasteiger partial charge in [0.2, 0.25) is 0 Å². The third kappa shape index (κ3) is 2.97. The van der Waals surface area contributed by atoms with Crippen LogP contribution in [0.4, 0.5) is 0 Å². The van der Waals surface area contributed by atoms with Gasteiger partial charge in [-0.15, -0.1) is 0 Å². The van der Waals surface area contributed by atoms with Crippen LogP contribution >= 0.6 is 0 Å². The van der Waals surface area contributed by atoms with Crippen LogP contribution in [-0.4, -0.2) is 17.2 Å². The molecule has 16 heavy (non-hydrogen) atoms. The Kier molecular flexibility index (Phi) is 3.90. The van der Waals surface area contributed by atoms with E-state index in [1.807, 2.05) is 26.0 Å². The average Bonchev–Trinajstić information content (AvgIpc) is 2.16. The van der Waals surface area contributed by atoms with Crippen molar-refractivity contribution in [1.82, 2.24) is 0 Å². The quantitative estimate of drug-likeness (QED) is 0.817. The SMILES string of the molecule is Cc1ccc([C@H](C)N)c(OC(C)C(=O)O)c1. The molecule has 0 heterocycles. The van der Waals surface area contributed by atoms with E-state index >= 15 is 0 Å². The highest BCUT2D eigenvalue weighted by molar-refractivity contribution is 5.72. The highest BCUT2D eigenvalue weighted by atomic mass is 16.5. The molecule has 0 saturated carbocycles. The van der Waals surface area contributed by atoms with E-state index < -0.39 is 12.1 Å². The highest BCUT2D eigenvalue weighted by Gasteiger charge is 2.16.